The van der Waals surface area contributed by atoms with Crippen molar-refractivity contribution in [2.75, 3.05) is 5.32 Å². The molecular formula is C20H18N2O2S. The maximum atomic E-state index is 12.6. The second-order valence-electron chi connectivity index (χ2n) is 5.58. The van der Waals surface area contributed by atoms with Crippen LogP contribution in [0, 0.1) is 0 Å². The first kappa shape index (κ1) is 16.9. The summed E-state index contributed by atoms with van der Waals surface area (Å²) in [5.74, 6) is -0.461. The molecule has 2 aromatic carbocycles. The van der Waals surface area contributed by atoms with Gasteiger partial charge in [0.1, 0.15) is 0 Å². The highest BCUT2D eigenvalue weighted by Gasteiger charge is 2.16. The highest BCUT2D eigenvalue weighted by Crippen LogP contribution is 2.21. The number of benzene rings is 2. The summed E-state index contributed by atoms with van der Waals surface area (Å²) < 4.78 is 0. The lowest BCUT2D eigenvalue weighted by Gasteiger charge is -2.15. The fourth-order valence-corrected chi connectivity index (χ4v) is 3.19. The first-order chi connectivity index (χ1) is 12.1. The van der Waals surface area contributed by atoms with Gasteiger partial charge in [-0.05, 0) is 42.6 Å². The predicted molar refractivity (Wildman–Crippen MR) is 101 cm³/mol. The van der Waals surface area contributed by atoms with Crippen molar-refractivity contribution in [2.24, 2.45) is 0 Å². The van der Waals surface area contributed by atoms with E-state index in [1.807, 2.05) is 30.5 Å². The number of hydrogen-bond donors (Lipinski definition) is 2. The molecule has 3 rings (SSSR count). The molecule has 126 valence electrons. The molecule has 3 aromatic rings. The van der Waals surface area contributed by atoms with Gasteiger partial charge in [-0.1, -0.05) is 36.4 Å². The van der Waals surface area contributed by atoms with Crippen molar-refractivity contribution >= 4 is 28.8 Å². The molecule has 1 aromatic heterocycles. The SMILES string of the molecule is CC(NC(=O)c1ccccc1NC(=O)c1ccccc1)c1cccs1. The zero-order valence-corrected chi connectivity index (χ0v) is 14.5. The molecule has 0 aliphatic rings. The highest BCUT2D eigenvalue weighted by molar-refractivity contribution is 7.10. The molecular weight excluding hydrogens is 332 g/mol. The first-order valence-electron chi connectivity index (χ1n) is 7.95. The van der Waals surface area contributed by atoms with Gasteiger partial charge in [-0.15, -0.1) is 11.3 Å². The lowest BCUT2D eigenvalue weighted by Crippen LogP contribution is -2.27. The fraction of sp³-hybridized carbons (Fsp3) is 0.100. The van der Waals surface area contributed by atoms with Crippen LogP contribution in [-0.2, 0) is 0 Å². The Morgan fingerprint density at radius 3 is 2.32 bits per heavy atom. The first-order valence-corrected chi connectivity index (χ1v) is 8.83. The summed E-state index contributed by atoms with van der Waals surface area (Å²) in [6.07, 6.45) is 0. The minimum absolute atomic E-state index is 0.0922. The van der Waals surface area contributed by atoms with Crippen LogP contribution in [-0.4, -0.2) is 11.8 Å². The van der Waals surface area contributed by atoms with Crippen LogP contribution in [0.3, 0.4) is 0 Å². The standard InChI is InChI=1S/C20H18N2O2S/c1-14(18-12-7-13-25-18)21-20(24)16-10-5-6-11-17(16)22-19(23)15-8-3-2-4-9-15/h2-14H,1H3,(H,21,24)(H,22,23). The van der Waals surface area contributed by atoms with Crippen molar-refractivity contribution in [1.29, 1.82) is 0 Å². The largest absolute Gasteiger partial charge is 0.345 e. The third-order valence-corrected chi connectivity index (χ3v) is 4.83. The molecule has 0 bridgehead atoms. The lowest BCUT2D eigenvalue weighted by atomic mass is 10.1. The van der Waals surface area contributed by atoms with Crippen LogP contribution in [0.15, 0.2) is 72.1 Å². The molecule has 2 N–H and O–H groups in total. The van der Waals surface area contributed by atoms with E-state index in [9.17, 15) is 9.59 Å². The van der Waals surface area contributed by atoms with Gasteiger partial charge in [-0.25, -0.2) is 0 Å². The van der Waals surface area contributed by atoms with Gasteiger partial charge < -0.3 is 10.6 Å². The molecule has 0 radical (unpaired) electrons. The number of thiophene rings is 1. The number of hydrogen-bond acceptors (Lipinski definition) is 3. The molecule has 4 nitrogen and oxygen atoms in total. The fourth-order valence-electron chi connectivity index (χ4n) is 2.46. The lowest BCUT2D eigenvalue weighted by molar-refractivity contribution is 0.0941. The summed E-state index contributed by atoms with van der Waals surface area (Å²) in [7, 11) is 0. The van der Waals surface area contributed by atoms with Crippen LogP contribution in [0.5, 0.6) is 0 Å². The van der Waals surface area contributed by atoms with Crippen molar-refractivity contribution in [3.63, 3.8) is 0 Å². The average Bonchev–Trinajstić information content (AvgIpc) is 3.17. The Balaban J connectivity index is 1.76. The zero-order valence-electron chi connectivity index (χ0n) is 13.7. The molecule has 0 saturated heterocycles. The molecule has 25 heavy (non-hydrogen) atoms. The van der Waals surface area contributed by atoms with Gasteiger partial charge in [-0.2, -0.15) is 0 Å². The Morgan fingerprint density at radius 1 is 0.880 bits per heavy atom. The summed E-state index contributed by atoms with van der Waals surface area (Å²) in [5.41, 5.74) is 1.48. The molecule has 0 spiro atoms. The van der Waals surface area contributed by atoms with Crippen molar-refractivity contribution in [3.8, 4) is 0 Å². The molecule has 5 heteroatoms. The Bertz CT molecular complexity index is 860. The number of amides is 2. The zero-order chi connectivity index (χ0) is 17.6. The normalized spacial score (nSPS) is 11.6. The van der Waals surface area contributed by atoms with E-state index in [4.69, 9.17) is 0 Å². The van der Waals surface area contributed by atoms with E-state index in [-0.39, 0.29) is 17.9 Å². The van der Waals surface area contributed by atoms with Gasteiger partial charge in [0.15, 0.2) is 0 Å². The molecule has 0 fully saturated rings. The summed E-state index contributed by atoms with van der Waals surface area (Å²) >= 11 is 1.60. The third kappa shape index (κ3) is 4.14. The molecule has 0 aliphatic carbocycles. The number of rotatable bonds is 5. The maximum Gasteiger partial charge on any atom is 0.255 e. The summed E-state index contributed by atoms with van der Waals surface area (Å²) in [6, 6.07) is 19.8. The Labute approximate surface area is 150 Å². The summed E-state index contributed by atoms with van der Waals surface area (Å²) in [5, 5.41) is 7.77. The molecule has 1 unspecified atom stereocenters. The predicted octanol–water partition coefficient (Wildman–Crippen LogP) is 4.49. The second-order valence-corrected chi connectivity index (χ2v) is 6.56. The van der Waals surface area contributed by atoms with Crippen molar-refractivity contribution < 1.29 is 9.59 Å². The van der Waals surface area contributed by atoms with E-state index in [0.29, 0.717) is 16.8 Å². The van der Waals surface area contributed by atoms with Gasteiger partial charge in [-0.3, -0.25) is 9.59 Å². The maximum absolute atomic E-state index is 12.6. The van der Waals surface area contributed by atoms with E-state index >= 15 is 0 Å². The number of carbonyl (C=O) groups excluding carboxylic acids is 2. The molecule has 1 atom stereocenters. The monoisotopic (exact) mass is 350 g/mol. The molecule has 0 saturated carbocycles. The van der Waals surface area contributed by atoms with Crippen molar-refractivity contribution in [2.45, 2.75) is 13.0 Å². The van der Waals surface area contributed by atoms with Crippen LogP contribution in [0.4, 0.5) is 5.69 Å². The third-order valence-electron chi connectivity index (χ3n) is 3.77. The van der Waals surface area contributed by atoms with Crippen molar-refractivity contribution in [1.82, 2.24) is 5.32 Å². The quantitative estimate of drug-likeness (QED) is 0.712. The molecule has 0 aliphatic heterocycles. The minimum atomic E-state index is -0.243. The van der Waals surface area contributed by atoms with E-state index in [0.717, 1.165) is 4.88 Å². The van der Waals surface area contributed by atoms with E-state index < -0.39 is 0 Å². The number of nitrogens with one attached hydrogen (secondary N) is 2. The molecule has 2 amide bonds. The second kappa shape index (κ2) is 7.77. The van der Waals surface area contributed by atoms with Crippen LogP contribution < -0.4 is 10.6 Å². The van der Waals surface area contributed by atoms with E-state index in [1.165, 1.54) is 0 Å². The van der Waals surface area contributed by atoms with E-state index in [1.54, 1.807) is 59.9 Å². The summed E-state index contributed by atoms with van der Waals surface area (Å²) in [6.45, 7) is 1.94. The Hall–Kier alpha value is -2.92. The van der Waals surface area contributed by atoms with Gasteiger partial charge in [0.25, 0.3) is 11.8 Å². The molecule has 1 heterocycles. The van der Waals surface area contributed by atoms with Crippen molar-refractivity contribution in [3.05, 3.63) is 88.1 Å². The van der Waals surface area contributed by atoms with Gasteiger partial charge in [0.2, 0.25) is 0 Å². The Morgan fingerprint density at radius 2 is 1.60 bits per heavy atom. The number of para-hydroxylation sites is 1. The topological polar surface area (TPSA) is 58.2 Å². The van der Waals surface area contributed by atoms with Gasteiger partial charge in [0, 0.05) is 10.4 Å². The van der Waals surface area contributed by atoms with Crippen LogP contribution >= 0.6 is 11.3 Å². The van der Waals surface area contributed by atoms with Gasteiger partial charge >= 0.3 is 0 Å². The highest BCUT2D eigenvalue weighted by atomic mass is 32.1. The number of carbonyl (C=O) groups is 2. The average molecular weight is 350 g/mol. The summed E-state index contributed by atoms with van der Waals surface area (Å²) in [4.78, 5) is 26.1. The minimum Gasteiger partial charge on any atom is -0.345 e. The number of anilines is 1. The smallest absolute Gasteiger partial charge is 0.255 e. The van der Waals surface area contributed by atoms with Crippen LogP contribution in [0.2, 0.25) is 0 Å². The van der Waals surface area contributed by atoms with E-state index in [2.05, 4.69) is 10.6 Å². The van der Waals surface area contributed by atoms with Crippen LogP contribution in [0.25, 0.3) is 0 Å². The Kier molecular flexibility index (Phi) is 5.26. The van der Waals surface area contributed by atoms with Gasteiger partial charge in [0.05, 0.1) is 17.3 Å². The van der Waals surface area contributed by atoms with Crippen LogP contribution in [0.1, 0.15) is 38.6 Å².